The molecule has 18 heavy (non-hydrogen) atoms. The lowest BCUT2D eigenvalue weighted by molar-refractivity contribution is 0.283. The van der Waals surface area contributed by atoms with Gasteiger partial charge in [0.05, 0.1) is 0 Å². The maximum atomic E-state index is 5.84. The molecule has 1 heterocycles. The van der Waals surface area contributed by atoms with Crippen LogP contribution in [0.1, 0.15) is 31.7 Å². The average molecular weight is 245 g/mol. The van der Waals surface area contributed by atoms with Gasteiger partial charge in [-0.2, -0.15) is 5.10 Å². The number of ether oxygens (including phenoxy) is 1. The van der Waals surface area contributed by atoms with Gasteiger partial charge in [0, 0.05) is 6.54 Å². The van der Waals surface area contributed by atoms with E-state index in [4.69, 9.17) is 4.74 Å². The standard InChI is InChI=1S/C14H19N3O/c1-3-9-17-14(15-11-16-17)10-18-13-8-6-5-7-12(13)4-2/h5-8,11H,3-4,9-10H2,1-2H3. The van der Waals surface area contributed by atoms with Gasteiger partial charge in [0.15, 0.2) is 5.82 Å². The molecule has 1 aromatic carbocycles. The third kappa shape index (κ3) is 2.88. The highest BCUT2D eigenvalue weighted by molar-refractivity contribution is 5.33. The third-order valence-electron chi connectivity index (χ3n) is 2.84. The van der Waals surface area contributed by atoms with Gasteiger partial charge >= 0.3 is 0 Å². The first-order chi connectivity index (χ1) is 8.85. The molecule has 1 aromatic heterocycles. The molecule has 4 nitrogen and oxygen atoms in total. The fraction of sp³-hybridized carbons (Fsp3) is 0.429. The number of benzene rings is 1. The van der Waals surface area contributed by atoms with Crippen LogP contribution in [0.15, 0.2) is 30.6 Å². The number of rotatable bonds is 6. The molecule has 2 aromatic rings. The van der Waals surface area contributed by atoms with Crippen molar-refractivity contribution in [3.8, 4) is 5.75 Å². The zero-order valence-corrected chi connectivity index (χ0v) is 11.0. The second-order valence-corrected chi connectivity index (χ2v) is 4.15. The maximum absolute atomic E-state index is 5.84. The quantitative estimate of drug-likeness (QED) is 0.785. The Hall–Kier alpha value is -1.84. The van der Waals surface area contributed by atoms with Crippen LogP contribution in [0.25, 0.3) is 0 Å². The maximum Gasteiger partial charge on any atom is 0.164 e. The van der Waals surface area contributed by atoms with E-state index in [2.05, 4.69) is 30.0 Å². The van der Waals surface area contributed by atoms with Gasteiger partial charge < -0.3 is 4.74 Å². The molecule has 0 fully saturated rings. The van der Waals surface area contributed by atoms with Crippen molar-refractivity contribution in [1.29, 1.82) is 0 Å². The van der Waals surface area contributed by atoms with E-state index in [0.717, 1.165) is 31.0 Å². The Morgan fingerprint density at radius 1 is 1.22 bits per heavy atom. The minimum Gasteiger partial charge on any atom is -0.485 e. The molecule has 0 aliphatic rings. The zero-order chi connectivity index (χ0) is 12.8. The minimum atomic E-state index is 0.469. The summed E-state index contributed by atoms with van der Waals surface area (Å²) >= 11 is 0. The van der Waals surface area contributed by atoms with E-state index >= 15 is 0 Å². The fourth-order valence-corrected chi connectivity index (χ4v) is 1.88. The van der Waals surface area contributed by atoms with Gasteiger partial charge in [-0.1, -0.05) is 32.0 Å². The molecule has 0 spiro atoms. The molecule has 0 amide bonds. The average Bonchev–Trinajstić information content (AvgIpc) is 2.84. The van der Waals surface area contributed by atoms with Crippen molar-refractivity contribution in [2.24, 2.45) is 0 Å². The first kappa shape index (κ1) is 12.6. The van der Waals surface area contributed by atoms with E-state index in [9.17, 15) is 0 Å². The normalized spacial score (nSPS) is 10.6. The van der Waals surface area contributed by atoms with E-state index < -0.39 is 0 Å². The van der Waals surface area contributed by atoms with Crippen LogP contribution in [-0.2, 0) is 19.6 Å². The molecule has 0 N–H and O–H groups in total. The third-order valence-corrected chi connectivity index (χ3v) is 2.84. The largest absolute Gasteiger partial charge is 0.485 e. The molecule has 0 unspecified atom stereocenters. The van der Waals surface area contributed by atoms with Crippen molar-refractivity contribution in [2.75, 3.05) is 0 Å². The Morgan fingerprint density at radius 2 is 2.06 bits per heavy atom. The Kier molecular flexibility index (Phi) is 4.34. The summed E-state index contributed by atoms with van der Waals surface area (Å²) in [6.45, 7) is 5.60. The fourth-order valence-electron chi connectivity index (χ4n) is 1.88. The van der Waals surface area contributed by atoms with Crippen molar-refractivity contribution in [2.45, 2.75) is 39.8 Å². The Balaban J connectivity index is 2.04. The number of aryl methyl sites for hydroxylation is 2. The number of hydrogen-bond acceptors (Lipinski definition) is 3. The SMILES string of the molecule is CCCn1ncnc1COc1ccccc1CC. The topological polar surface area (TPSA) is 39.9 Å². The van der Waals surface area contributed by atoms with E-state index in [1.165, 1.54) is 5.56 Å². The van der Waals surface area contributed by atoms with Crippen LogP contribution in [0, 0.1) is 0 Å². The summed E-state index contributed by atoms with van der Waals surface area (Å²) in [5, 5.41) is 4.19. The van der Waals surface area contributed by atoms with Gasteiger partial charge in [0.1, 0.15) is 18.7 Å². The van der Waals surface area contributed by atoms with E-state index in [1.807, 2.05) is 22.9 Å². The Bertz CT molecular complexity index is 493. The van der Waals surface area contributed by atoms with Crippen molar-refractivity contribution in [3.05, 3.63) is 42.0 Å². The lowest BCUT2D eigenvalue weighted by Crippen LogP contribution is -2.09. The number of hydrogen-bond donors (Lipinski definition) is 0. The summed E-state index contributed by atoms with van der Waals surface area (Å²) in [6, 6.07) is 8.11. The number of aromatic nitrogens is 3. The van der Waals surface area contributed by atoms with Crippen LogP contribution < -0.4 is 4.74 Å². The van der Waals surface area contributed by atoms with Crippen LogP contribution in [-0.4, -0.2) is 14.8 Å². The highest BCUT2D eigenvalue weighted by Crippen LogP contribution is 2.19. The predicted octanol–water partition coefficient (Wildman–Crippen LogP) is 2.83. The minimum absolute atomic E-state index is 0.469. The summed E-state index contributed by atoms with van der Waals surface area (Å²) < 4.78 is 7.73. The highest BCUT2D eigenvalue weighted by atomic mass is 16.5. The van der Waals surface area contributed by atoms with Gasteiger partial charge in [0.2, 0.25) is 0 Å². The van der Waals surface area contributed by atoms with Gasteiger partial charge in [0.25, 0.3) is 0 Å². The predicted molar refractivity (Wildman–Crippen MR) is 70.5 cm³/mol. The molecule has 96 valence electrons. The molecule has 0 saturated carbocycles. The summed E-state index contributed by atoms with van der Waals surface area (Å²) in [7, 11) is 0. The van der Waals surface area contributed by atoms with Crippen molar-refractivity contribution < 1.29 is 4.74 Å². The molecule has 0 saturated heterocycles. The van der Waals surface area contributed by atoms with Gasteiger partial charge in [-0.25, -0.2) is 9.67 Å². The van der Waals surface area contributed by atoms with Gasteiger partial charge in [-0.15, -0.1) is 0 Å². The summed E-state index contributed by atoms with van der Waals surface area (Å²) in [5.41, 5.74) is 1.22. The monoisotopic (exact) mass is 245 g/mol. The lowest BCUT2D eigenvalue weighted by atomic mass is 10.1. The van der Waals surface area contributed by atoms with E-state index in [-0.39, 0.29) is 0 Å². The molecule has 0 bridgehead atoms. The summed E-state index contributed by atoms with van der Waals surface area (Å²) in [4.78, 5) is 4.23. The van der Waals surface area contributed by atoms with Crippen LogP contribution in [0.2, 0.25) is 0 Å². The van der Waals surface area contributed by atoms with E-state index in [1.54, 1.807) is 6.33 Å². The van der Waals surface area contributed by atoms with Gasteiger partial charge in [-0.3, -0.25) is 0 Å². The van der Waals surface area contributed by atoms with Gasteiger partial charge in [-0.05, 0) is 24.5 Å². The Morgan fingerprint density at radius 3 is 2.83 bits per heavy atom. The van der Waals surface area contributed by atoms with E-state index in [0.29, 0.717) is 6.61 Å². The molecule has 4 heteroatoms. The smallest absolute Gasteiger partial charge is 0.164 e. The number of para-hydroxylation sites is 1. The molecule has 0 aliphatic carbocycles. The molecule has 2 rings (SSSR count). The van der Waals surface area contributed by atoms with Crippen LogP contribution in [0.4, 0.5) is 0 Å². The molecular formula is C14H19N3O. The van der Waals surface area contributed by atoms with Crippen LogP contribution in [0.5, 0.6) is 5.75 Å². The molecule has 0 aliphatic heterocycles. The van der Waals surface area contributed by atoms with Crippen LogP contribution >= 0.6 is 0 Å². The summed E-state index contributed by atoms with van der Waals surface area (Å²) in [6.07, 6.45) is 3.60. The second-order valence-electron chi connectivity index (χ2n) is 4.15. The van der Waals surface area contributed by atoms with Crippen molar-refractivity contribution in [1.82, 2.24) is 14.8 Å². The molecule has 0 radical (unpaired) electrons. The van der Waals surface area contributed by atoms with Crippen molar-refractivity contribution in [3.63, 3.8) is 0 Å². The lowest BCUT2D eigenvalue weighted by Gasteiger charge is -2.10. The van der Waals surface area contributed by atoms with Crippen LogP contribution in [0.3, 0.4) is 0 Å². The first-order valence-electron chi connectivity index (χ1n) is 6.42. The van der Waals surface area contributed by atoms with Crippen molar-refractivity contribution >= 4 is 0 Å². The highest BCUT2D eigenvalue weighted by Gasteiger charge is 2.06. The second kappa shape index (κ2) is 6.19. The summed E-state index contributed by atoms with van der Waals surface area (Å²) in [5.74, 6) is 1.81. The molecule has 0 atom stereocenters. The zero-order valence-electron chi connectivity index (χ0n) is 11.0. The molecular weight excluding hydrogens is 226 g/mol. The first-order valence-corrected chi connectivity index (χ1v) is 6.42. The number of nitrogens with zero attached hydrogens (tertiary/aromatic N) is 3. The Labute approximate surface area is 108 Å².